The van der Waals surface area contributed by atoms with E-state index in [4.69, 9.17) is 0 Å². The molecule has 0 bridgehead atoms. The zero-order valence-corrected chi connectivity index (χ0v) is 8.05. The van der Waals surface area contributed by atoms with Gasteiger partial charge in [0.15, 0.2) is 0 Å². The molecule has 2 nitrogen and oxygen atoms in total. The van der Waals surface area contributed by atoms with E-state index in [1.54, 1.807) is 0 Å². The smallest absolute Gasteiger partial charge is 0.220 e. The second-order valence-electron chi connectivity index (χ2n) is 4.79. The molecule has 0 aromatic carbocycles. The first kappa shape index (κ1) is 8.09. The van der Waals surface area contributed by atoms with Gasteiger partial charge in [-0.25, -0.2) is 0 Å². The van der Waals surface area contributed by atoms with Crippen LogP contribution in [0.4, 0.5) is 0 Å². The van der Waals surface area contributed by atoms with Gasteiger partial charge in [-0.05, 0) is 30.6 Å². The number of hydrogen-bond acceptors (Lipinski definition) is 1. The Morgan fingerprint density at radius 2 is 2.08 bits per heavy atom. The van der Waals surface area contributed by atoms with Gasteiger partial charge in [-0.2, -0.15) is 0 Å². The van der Waals surface area contributed by atoms with Gasteiger partial charge < -0.3 is 5.32 Å². The molecule has 1 saturated heterocycles. The maximum atomic E-state index is 11.2. The summed E-state index contributed by atoms with van der Waals surface area (Å²) in [6.07, 6.45) is 2.05. The Morgan fingerprint density at radius 3 is 2.42 bits per heavy atom. The Morgan fingerprint density at radius 1 is 1.50 bits per heavy atom. The SMILES string of the molecule is CC1CC1C1(C)CC(=O)NC1C. The Hall–Kier alpha value is -0.530. The summed E-state index contributed by atoms with van der Waals surface area (Å²) >= 11 is 0. The molecule has 2 fully saturated rings. The van der Waals surface area contributed by atoms with Gasteiger partial charge in [-0.15, -0.1) is 0 Å². The summed E-state index contributed by atoms with van der Waals surface area (Å²) in [6.45, 7) is 6.67. The molecular weight excluding hydrogens is 150 g/mol. The van der Waals surface area contributed by atoms with Crippen LogP contribution in [0.5, 0.6) is 0 Å². The molecule has 2 heteroatoms. The molecule has 1 amide bonds. The predicted molar refractivity (Wildman–Crippen MR) is 47.6 cm³/mol. The van der Waals surface area contributed by atoms with Gasteiger partial charge in [0.25, 0.3) is 0 Å². The average molecular weight is 167 g/mol. The Kier molecular flexibility index (Phi) is 1.51. The van der Waals surface area contributed by atoms with E-state index in [1.807, 2.05) is 0 Å². The highest BCUT2D eigenvalue weighted by Gasteiger charge is 2.54. The van der Waals surface area contributed by atoms with Crippen molar-refractivity contribution < 1.29 is 4.79 Å². The highest BCUT2D eigenvalue weighted by molar-refractivity contribution is 5.80. The van der Waals surface area contributed by atoms with Crippen LogP contribution in [0.1, 0.15) is 33.6 Å². The van der Waals surface area contributed by atoms with Crippen molar-refractivity contribution in [3.63, 3.8) is 0 Å². The first-order valence-electron chi connectivity index (χ1n) is 4.83. The number of carbonyl (C=O) groups is 1. The average Bonchev–Trinajstić information content (AvgIpc) is 2.60. The standard InChI is InChI=1S/C10H17NO/c1-6-4-8(6)10(3)5-9(12)11-7(10)2/h6-8H,4-5H2,1-3H3,(H,11,12). The van der Waals surface area contributed by atoms with Crippen molar-refractivity contribution >= 4 is 5.91 Å². The van der Waals surface area contributed by atoms with E-state index in [-0.39, 0.29) is 11.3 Å². The molecule has 1 aliphatic heterocycles. The predicted octanol–water partition coefficient (Wildman–Crippen LogP) is 1.56. The van der Waals surface area contributed by atoms with Crippen LogP contribution in [-0.4, -0.2) is 11.9 Å². The Labute approximate surface area is 73.7 Å². The lowest BCUT2D eigenvalue weighted by Crippen LogP contribution is -2.34. The maximum Gasteiger partial charge on any atom is 0.220 e. The quantitative estimate of drug-likeness (QED) is 0.631. The third-order valence-corrected chi connectivity index (χ3v) is 3.86. The summed E-state index contributed by atoms with van der Waals surface area (Å²) < 4.78 is 0. The molecule has 0 aromatic heterocycles. The van der Waals surface area contributed by atoms with Gasteiger partial charge >= 0.3 is 0 Å². The minimum atomic E-state index is 0.240. The zero-order valence-electron chi connectivity index (χ0n) is 8.05. The summed E-state index contributed by atoms with van der Waals surface area (Å²) in [5.74, 6) is 1.86. The summed E-state index contributed by atoms with van der Waals surface area (Å²) in [5.41, 5.74) is 0.247. The normalized spacial score (nSPS) is 52.2. The van der Waals surface area contributed by atoms with Crippen molar-refractivity contribution in [2.75, 3.05) is 0 Å². The summed E-state index contributed by atoms with van der Waals surface area (Å²) in [7, 11) is 0. The Bertz CT molecular complexity index is 226. The van der Waals surface area contributed by atoms with E-state index < -0.39 is 0 Å². The minimum absolute atomic E-state index is 0.240. The molecule has 0 spiro atoms. The second-order valence-corrected chi connectivity index (χ2v) is 4.79. The van der Waals surface area contributed by atoms with E-state index >= 15 is 0 Å². The lowest BCUT2D eigenvalue weighted by atomic mass is 9.77. The number of nitrogens with one attached hydrogen (secondary N) is 1. The van der Waals surface area contributed by atoms with Crippen LogP contribution in [-0.2, 0) is 4.79 Å². The van der Waals surface area contributed by atoms with Crippen molar-refractivity contribution in [2.45, 2.75) is 39.7 Å². The fourth-order valence-corrected chi connectivity index (χ4v) is 2.65. The molecule has 1 saturated carbocycles. The lowest BCUT2D eigenvalue weighted by Gasteiger charge is -2.27. The van der Waals surface area contributed by atoms with Gasteiger partial charge in [0.1, 0.15) is 0 Å². The number of amides is 1. The third kappa shape index (κ3) is 0.970. The van der Waals surface area contributed by atoms with Crippen LogP contribution in [0.25, 0.3) is 0 Å². The van der Waals surface area contributed by atoms with E-state index in [0.717, 1.165) is 18.3 Å². The molecular formula is C10H17NO. The monoisotopic (exact) mass is 167 g/mol. The van der Waals surface area contributed by atoms with Gasteiger partial charge in [0.05, 0.1) is 0 Å². The molecule has 12 heavy (non-hydrogen) atoms. The largest absolute Gasteiger partial charge is 0.353 e. The van der Waals surface area contributed by atoms with E-state index in [0.29, 0.717) is 6.04 Å². The molecule has 1 aliphatic carbocycles. The van der Waals surface area contributed by atoms with Crippen molar-refractivity contribution in [1.82, 2.24) is 5.32 Å². The minimum Gasteiger partial charge on any atom is -0.353 e. The van der Waals surface area contributed by atoms with Gasteiger partial charge in [-0.1, -0.05) is 13.8 Å². The topological polar surface area (TPSA) is 29.1 Å². The van der Waals surface area contributed by atoms with Gasteiger partial charge in [0.2, 0.25) is 5.91 Å². The van der Waals surface area contributed by atoms with Crippen LogP contribution in [0.3, 0.4) is 0 Å². The fourth-order valence-electron chi connectivity index (χ4n) is 2.65. The van der Waals surface area contributed by atoms with Crippen LogP contribution in [0.2, 0.25) is 0 Å². The van der Waals surface area contributed by atoms with Crippen molar-refractivity contribution in [3.05, 3.63) is 0 Å². The van der Waals surface area contributed by atoms with Gasteiger partial charge in [0, 0.05) is 12.5 Å². The molecule has 68 valence electrons. The van der Waals surface area contributed by atoms with Crippen LogP contribution in [0, 0.1) is 17.3 Å². The summed E-state index contributed by atoms with van der Waals surface area (Å²) in [6, 6.07) is 0.375. The van der Waals surface area contributed by atoms with Crippen molar-refractivity contribution in [2.24, 2.45) is 17.3 Å². The van der Waals surface area contributed by atoms with Crippen LogP contribution >= 0.6 is 0 Å². The highest BCUT2D eigenvalue weighted by atomic mass is 16.2. The first-order chi connectivity index (χ1) is 5.54. The molecule has 4 unspecified atom stereocenters. The second kappa shape index (κ2) is 2.24. The zero-order chi connectivity index (χ0) is 8.93. The summed E-state index contributed by atoms with van der Waals surface area (Å²) in [4.78, 5) is 11.2. The first-order valence-corrected chi connectivity index (χ1v) is 4.83. The van der Waals surface area contributed by atoms with Gasteiger partial charge in [-0.3, -0.25) is 4.79 Å². The molecule has 2 aliphatic rings. The molecule has 1 N–H and O–H groups in total. The molecule has 4 atom stereocenters. The number of carbonyl (C=O) groups excluding carboxylic acids is 1. The molecule has 1 heterocycles. The number of rotatable bonds is 1. The molecule has 0 aromatic rings. The van der Waals surface area contributed by atoms with Crippen LogP contribution in [0.15, 0.2) is 0 Å². The third-order valence-electron chi connectivity index (χ3n) is 3.86. The van der Waals surface area contributed by atoms with E-state index in [1.165, 1.54) is 6.42 Å². The lowest BCUT2D eigenvalue weighted by molar-refractivity contribution is -0.119. The van der Waals surface area contributed by atoms with Crippen LogP contribution < -0.4 is 5.32 Å². The van der Waals surface area contributed by atoms with Crippen molar-refractivity contribution in [1.29, 1.82) is 0 Å². The Balaban J connectivity index is 2.15. The number of hydrogen-bond donors (Lipinski definition) is 1. The van der Waals surface area contributed by atoms with E-state index in [2.05, 4.69) is 26.1 Å². The molecule has 0 radical (unpaired) electrons. The van der Waals surface area contributed by atoms with E-state index in [9.17, 15) is 4.79 Å². The van der Waals surface area contributed by atoms with Crippen molar-refractivity contribution in [3.8, 4) is 0 Å². The maximum absolute atomic E-state index is 11.2. The highest BCUT2D eigenvalue weighted by Crippen LogP contribution is 2.55. The summed E-state index contributed by atoms with van der Waals surface area (Å²) in [5, 5.41) is 3.01. The fraction of sp³-hybridized carbons (Fsp3) is 0.900. The molecule has 2 rings (SSSR count).